The topological polar surface area (TPSA) is 76.2 Å². The molecule has 1 fully saturated rings. The molecule has 178 valence electrons. The number of carbonyl (C=O) groups is 1. The van der Waals surface area contributed by atoms with Crippen LogP contribution in [0.25, 0.3) is 5.69 Å². The third-order valence-corrected chi connectivity index (χ3v) is 6.88. The molecular formula is C29H31N5O. The number of hydrogen-bond donors (Lipinski definition) is 2. The molecule has 4 aromatic rings. The van der Waals surface area contributed by atoms with Gasteiger partial charge < -0.3 is 15.6 Å². The van der Waals surface area contributed by atoms with Crippen LogP contribution >= 0.6 is 0 Å². The Morgan fingerprint density at radius 3 is 2.23 bits per heavy atom. The van der Waals surface area contributed by atoms with E-state index in [1.54, 1.807) is 18.6 Å². The zero-order chi connectivity index (χ0) is 24.0. The molecule has 6 nitrogen and oxygen atoms in total. The number of rotatable bonds is 7. The van der Waals surface area contributed by atoms with Crippen LogP contribution in [-0.4, -0.2) is 40.0 Å². The Morgan fingerprint density at radius 2 is 1.63 bits per heavy atom. The lowest BCUT2D eigenvalue weighted by Crippen LogP contribution is -2.40. The van der Waals surface area contributed by atoms with Gasteiger partial charge >= 0.3 is 0 Å². The summed E-state index contributed by atoms with van der Waals surface area (Å²) in [5.74, 6) is 0.318. The summed E-state index contributed by atoms with van der Waals surface area (Å²) in [6.07, 6.45) is 7.35. The van der Waals surface area contributed by atoms with Crippen molar-refractivity contribution >= 4 is 11.6 Å². The number of benzene rings is 3. The fourth-order valence-corrected chi connectivity index (χ4v) is 4.95. The smallest absolute Gasteiger partial charge is 0.253 e. The van der Waals surface area contributed by atoms with Gasteiger partial charge in [0.2, 0.25) is 0 Å². The van der Waals surface area contributed by atoms with Crippen molar-refractivity contribution in [1.29, 1.82) is 0 Å². The molecule has 35 heavy (non-hydrogen) atoms. The van der Waals surface area contributed by atoms with Crippen LogP contribution in [0.4, 0.5) is 5.69 Å². The fourth-order valence-electron chi connectivity index (χ4n) is 4.95. The van der Waals surface area contributed by atoms with Crippen molar-refractivity contribution < 1.29 is 4.79 Å². The summed E-state index contributed by atoms with van der Waals surface area (Å²) >= 11 is 0. The highest BCUT2D eigenvalue weighted by Crippen LogP contribution is 2.32. The quantitative estimate of drug-likeness (QED) is 0.389. The maximum Gasteiger partial charge on any atom is 0.253 e. The second-order valence-corrected chi connectivity index (χ2v) is 9.15. The molecule has 5 rings (SSSR count). The van der Waals surface area contributed by atoms with Crippen LogP contribution in [0.15, 0.2) is 97.6 Å². The van der Waals surface area contributed by atoms with Crippen molar-refractivity contribution in [1.82, 2.24) is 19.8 Å². The van der Waals surface area contributed by atoms with Crippen LogP contribution in [0.1, 0.15) is 40.4 Å². The normalized spacial score (nSPS) is 14.8. The number of piperidine rings is 1. The monoisotopic (exact) mass is 465 g/mol. The highest BCUT2D eigenvalue weighted by molar-refractivity contribution is 5.99. The third-order valence-electron chi connectivity index (χ3n) is 6.88. The van der Waals surface area contributed by atoms with Crippen molar-refractivity contribution in [3.05, 3.63) is 114 Å². The molecule has 1 aliphatic heterocycles. The van der Waals surface area contributed by atoms with Gasteiger partial charge in [-0.2, -0.15) is 0 Å². The van der Waals surface area contributed by atoms with Gasteiger partial charge in [0, 0.05) is 30.3 Å². The number of nitrogens with one attached hydrogen (secondary N) is 1. The molecule has 0 aliphatic carbocycles. The average Bonchev–Trinajstić information content (AvgIpc) is 3.45. The Hall–Kier alpha value is -3.90. The molecular weight excluding hydrogens is 434 g/mol. The minimum atomic E-state index is -0.127. The van der Waals surface area contributed by atoms with E-state index in [2.05, 4.69) is 75.9 Å². The van der Waals surface area contributed by atoms with Crippen molar-refractivity contribution in [2.75, 3.05) is 25.4 Å². The minimum Gasteiger partial charge on any atom is -0.398 e. The van der Waals surface area contributed by atoms with Crippen LogP contribution in [0.3, 0.4) is 0 Å². The van der Waals surface area contributed by atoms with Gasteiger partial charge in [-0.1, -0.05) is 60.7 Å². The molecule has 1 saturated heterocycles. The van der Waals surface area contributed by atoms with E-state index in [1.807, 2.05) is 22.9 Å². The molecule has 3 N–H and O–H groups in total. The van der Waals surface area contributed by atoms with E-state index in [4.69, 9.17) is 5.73 Å². The summed E-state index contributed by atoms with van der Waals surface area (Å²) in [6.45, 7) is 2.64. The molecule has 6 heteroatoms. The highest BCUT2D eigenvalue weighted by Gasteiger charge is 2.27. The number of nitrogen functional groups attached to an aromatic ring is 1. The zero-order valence-electron chi connectivity index (χ0n) is 19.8. The molecule has 0 atom stereocenters. The summed E-state index contributed by atoms with van der Waals surface area (Å²) in [4.78, 5) is 19.6. The molecule has 0 radical (unpaired) electrons. The van der Waals surface area contributed by atoms with Crippen LogP contribution in [-0.2, 0) is 0 Å². The van der Waals surface area contributed by atoms with E-state index < -0.39 is 0 Å². The van der Waals surface area contributed by atoms with Crippen LogP contribution in [0.5, 0.6) is 0 Å². The summed E-state index contributed by atoms with van der Waals surface area (Å²) in [5, 5.41) is 3.13. The van der Waals surface area contributed by atoms with Gasteiger partial charge in [-0.3, -0.25) is 9.69 Å². The number of likely N-dealkylation sites (tertiary alicyclic amines) is 1. The summed E-state index contributed by atoms with van der Waals surface area (Å²) in [6, 6.07) is 27.2. The third kappa shape index (κ3) is 5.28. The van der Waals surface area contributed by atoms with Gasteiger partial charge in [-0.15, -0.1) is 0 Å². The van der Waals surface area contributed by atoms with Crippen LogP contribution in [0, 0.1) is 5.92 Å². The SMILES string of the molecule is Nc1ccc(-n2ccnc2)cc1C(=O)NCC1CCN(C(c2ccccc2)c2ccccc2)CC1. The number of carbonyl (C=O) groups excluding carboxylic acids is 1. The first-order valence-corrected chi connectivity index (χ1v) is 12.2. The molecule has 0 unspecified atom stereocenters. The van der Waals surface area contributed by atoms with Crippen LogP contribution < -0.4 is 11.1 Å². The number of hydrogen-bond acceptors (Lipinski definition) is 4. The maximum atomic E-state index is 12.9. The van der Waals surface area contributed by atoms with Crippen molar-refractivity contribution in [2.45, 2.75) is 18.9 Å². The van der Waals surface area contributed by atoms with Crippen LogP contribution in [0.2, 0.25) is 0 Å². The molecule has 1 aromatic heterocycles. The van der Waals surface area contributed by atoms with Gasteiger partial charge in [0.25, 0.3) is 5.91 Å². The Bertz CT molecular complexity index is 1190. The molecule has 1 amide bonds. The van der Waals surface area contributed by atoms with E-state index in [9.17, 15) is 4.79 Å². The standard InChI is InChI=1S/C29H31N5O/c30-27-12-11-25(34-18-15-31-21-34)19-26(27)29(35)32-20-22-13-16-33(17-14-22)28(23-7-3-1-4-8-23)24-9-5-2-6-10-24/h1-12,15,18-19,21-22,28H,13-14,16-17,20,30H2,(H,32,35). The summed E-state index contributed by atoms with van der Waals surface area (Å²) < 4.78 is 1.86. The Labute approximate surface area is 206 Å². The predicted molar refractivity (Wildman–Crippen MR) is 139 cm³/mol. The highest BCUT2D eigenvalue weighted by atomic mass is 16.1. The molecule has 0 bridgehead atoms. The Morgan fingerprint density at radius 1 is 0.971 bits per heavy atom. The lowest BCUT2D eigenvalue weighted by Gasteiger charge is -2.38. The van der Waals surface area contributed by atoms with E-state index >= 15 is 0 Å². The molecule has 0 spiro atoms. The zero-order valence-corrected chi connectivity index (χ0v) is 19.8. The first kappa shape index (κ1) is 22.9. The lowest BCUT2D eigenvalue weighted by atomic mass is 9.91. The summed E-state index contributed by atoms with van der Waals surface area (Å²) in [7, 11) is 0. The number of nitrogens with two attached hydrogens (primary N) is 1. The predicted octanol–water partition coefficient (Wildman–Crippen LogP) is 4.69. The number of amides is 1. The van der Waals surface area contributed by atoms with E-state index in [1.165, 1.54) is 11.1 Å². The first-order valence-electron chi connectivity index (χ1n) is 12.2. The average molecular weight is 466 g/mol. The first-order chi connectivity index (χ1) is 17.2. The van der Waals surface area contributed by atoms with E-state index in [0.29, 0.717) is 23.7 Å². The summed E-state index contributed by atoms with van der Waals surface area (Å²) in [5.41, 5.74) is 10.6. The van der Waals surface area contributed by atoms with Crippen molar-refractivity contribution in [2.24, 2.45) is 5.92 Å². The Balaban J connectivity index is 1.21. The number of imidazole rings is 1. The van der Waals surface area contributed by atoms with Gasteiger partial charge in [0.05, 0.1) is 17.9 Å². The molecule has 3 aromatic carbocycles. The van der Waals surface area contributed by atoms with Gasteiger partial charge in [0.15, 0.2) is 0 Å². The fraction of sp³-hybridized carbons (Fsp3) is 0.241. The van der Waals surface area contributed by atoms with Crippen molar-refractivity contribution in [3.63, 3.8) is 0 Å². The lowest BCUT2D eigenvalue weighted by molar-refractivity contribution is 0.0931. The van der Waals surface area contributed by atoms with Gasteiger partial charge in [0.1, 0.15) is 0 Å². The maximum absolute atomic E-state index is 12.9. The minimum absolute atomic E-state index is 0.127. The van der Waals surface area contributed by atoms with Gasteiger partial charge in [-0.25, -0.2) is 4.98 Å². The molecule has 1 aliphatic rings. The van der Waals surface area contributed by atoms with E-state index in [0.717, 1.165) is 31.6 Å². The largest absolute Gasteiger partial charge is 0.398 e. The molecule has 2 heterocycles. The molecule has 0 saturated carbocycles. The number of aromatic nitrogens is 2. The van der Waals surface area contributed by atoms with E-state index in [-0.39, 0.29) is 11.9 Å². The van der Waals surface area contributed by atoms with Gasteiger partial charge in [-0.05, 0) is 61.2 Å². The number of anilines is 1. The second-order valence-electron chi connectivity index (χ2n) is 9.15. The van der Waals surface area contributed by atoms with Crippen molar-refractivity contribution in [3.8, 4) is 5.69 Å². The second kappa shape index (κ2) is 10.6. The number of nitrogens with zero attached hydrogens (tertiary/aromatic N) is 3. The Kier molecular flexibility index (Phi) is 6.91.